The summed E-state index contributed by atoms with van der Waals surface area (Å²) in [4.78, 5) is 0. The molecule has 0 saturated carbocycles. The first kappa shape index (κ1) is 14.0. The summed E-state index contributed by atoms with van der Waals surface area (Å²) in [7, 11) is 0. The SMILES string of the molecule is CC(O)c1ccc(Oc2ccc(F)c(F)c2)c(Br)c1. The third-order valence-electron chi connectivity index (χ3n) is 2.56. The highest BCUT2D eigenvalue weighted by Crippen LogP contribution is 2.32. The van der Waals surface area contributed by atoms with Crippen molar-refractivity contribution in [2.75, 3.05) is 0 Å². The molecule has 0 aromatic heterocycles. The number of halogens is 3. The monoisotopic (exact) mass is 328 g/mol. The van der Waals surface area contributed by atoms with Crippen LogP contribution in [-0.4, -0.2) is 5.11 Å². The Morgan fingerprint density at radius 2 is 1.84 bits per heavy atom. The number of ether oxygens (including phenoxy) is 1. The Morgan fingerprint density at radius 1 is 1.11 bits per heavy atom. The Bertz CT molecular complexity index is 600. The fourth-order valence-corrected chi connectivity index (χ4v) is 2.00. The van der Waals surface area contributed by atoms with Gasteiger partial charge in [0.15, 0.2) is 11.6 Å². The van der Waals surface area contributed by atoms with Gasteiger partial charge in [0.25, 0.3) is 0 Å². The quantitative estimate of drug-likeness (QED) is 0.894. The molecular formula is C14H11BrF2O2. The topological polar surface area (TPSA) is 29.5 Å². The molecule has 2 aromatic carbocycles. The summed E-state index contributed by atoms with van der Waals surface area (Å²) in [5, 5.41) is 9.44. The third kappa shape index (κ3) is 3.30. The maximum absolute atomic E-state index is 13.1. The Labute approximate surface area is 117 Å². The van der Waals surface area contributed by atoms with Gasteiger partial charge in [0.2, 0.25) is 0 Å². The van der Waals surface area contributed by atoms with Crippen LogP contribution in [0.4, 0.5) is 8.78 Å². The van der Waals surface area contributed by atoms with E-state index >= 15 is 0 Å². The Balaban J connectivity index is 2.25. The van der Waals surface area contributed by atoms with Crippen molar-refractivity contribution in [2.45, 2.75) is 13.0 Å². The van der Waals surface area contributed by atoms with Gasteiger partial charge in [-0.15, -0.1) is 0 Å². The molecule has 2 aromatic rings. The maximum Gasteiger partial charge on any atom is 0.162 e. The van der Waals surface area contributed by atoms with E-state index in [1.807, 2.05) is 0 Å². The zero-order valence-electron chi connectivity index (χ0n) is 10.0. The smallest absolute Gasteiger partial charge is 0.162 e. The Morgan fingerprint density at radius 3 is 2.42 bits per heavy atom. The minimum absolute atomic E-state index is 0.199. The molecule has 2 nitrogen and oxygen atoms in total. The normalized spacial score (nSPS) is 12.3. The Kier molecular flexibility index (Phi) is 4.17. The van der Waals surface area contributed by atoms with E-state index in [0.29, 0.717) is 10.2 Å². The average Bonchev–Trinajstić information content (AvgIpc) is 2.36. The predicted molar refractivity (Wildman–Crippen MR) is 71.2 cm³/mol. The van der Waals surface area contributed by atoms with Crippen LogP contribution in [-0.2, 0) is 0 Å². The lowest BCUT2D eigenvalue weighted by Crippen LogP contribution is -1.93. The van der Waals surface area contributed by atoms with Crippen LogP contribution in [0.5, 0.6) is 11.5 Å². The molecule has 2 rings (SSSR count). The second-order valence-corrected chi connectivity index (χ2v) is 4.90. The summed E-state index contributed by atoms with van der Waals surface area (Å²) in [5.74, 6) is -1.23. The molecule has 0 fully saturated rings. The van der Waals surface area contributed by atoms with Crippen molar-refractivity contribution in [1.29, 1.82) is 0 Å². The molecule has 0 aliphatic carbocycles. The zero-order chi connectivity index (χ0) is 14.0. The maximum atomic E-state index is 13.1. The van der Waals surface area contributed by atoms with E-state index in [1.54, 1.807) is 25.1 Å². The highest BCUT2D eigenvalue weighted by Gasteiger charge is 2.09. The molecule has 0 heterocycles. The number of benzene rings is 2. The van der Waals surface area contributed by atoms with Crippen LogP contribution in [0.2, 0.25) is 0 Å². The van der Waals surface area contributed by atoms with Crippen LogP contribution < -0.4 is 4.74 Å². The molecule has 0 amide bonds. The molecule has 0 saturated heterocycles. The number of aliphatic hydroxyl groups excluding tert-OH is 1. The van der Waals surface area contributed by atoms with E-state index < -0.39 is 17.7 Å². The summed E-state index contributed by atoms with van der Waals surface area (Å²) in [6.07, 6.45) is -0.589. The molecule has 1 atom stereocenters. The summed E-state index contributed by atoms with van der Waals surface area (Å²) >= 11 is 3.30. The first-order valence-corrected chi connectivity index (χ1v) is 6.37. The van der Waals surface area contributed by atoms with Gasteiger partial charge in [0, 0.05) is 6.07 Å². The lowest BCUT2D eigenvalue weighted by Gasteiger charge is -2.11. The van der Waals surface area contributed by atoms with Crippen molar-refractivity contribution >= 4 is 15.9 Å². The number of hydrogen-bond acceptors (Lipinski definition) is 2. The largest absolute Gasteiger partial charge is 0.456 e. The van der Waals surface area contributed by atoms with Crippen LogP contribution in [0, 0.1) is 11.6 Å². The minimum atomic E-state index is -0.964. The van der Waals surface area contributed by atoms with Gasteiger partial charge >= 0.3 is 0 Å². The predicted octanol–water partition coefficient (Wildman–Crippen LogP) is 4.57. The van der Waals surface area contributed by atoms with Gasteiger partial charge in [-0.2, -0.15) is 0 Å². The molecule has 0 aliphatic rings. The van der Waals surface area contributed by atoms with E-state index in [-0.39, 0.29) is 5.75 Å². The summed E-state index contributed by atoms with van der Waals surface area (Å²) in [5.41, 5.74) is 0.726. The second kappa shape index (κ2) is 5.67. The average molecular weight is 329 g/mol. The lowest BCUT2D eigenvalue weighted by molar-refractivity contribution is 0.199. The van der Waals surface area contributed by atoms with Gasteiger partial charge in [-0.05, 0) is 52.7 Å². The van der Waals surface area contributed by atoms with Crippen molar-refractivity contribution in [3.05, 3.63) is 58.1 Å². The standard InChI is InChI=1S/C14H11BrF2O2/c1-8(18)9-2-5-14(11(15)6-9)19-10-3-4-12(16)13(17)7-10/h2-8,18H,1H3. The molecule has 1 unspecified atom stereocenters. The van der Waals surface area contributed by atoms with Crippen molar-refractivity contribution in [2.24, 2.45) is 0 Å². The number of hydrogen-bond donors (Lipinski definition) is 1. The van der Waals surface area contributed by atoms with Crippen LogP contribution in [0.25, 0.3) is 0 Å². The molecule has 5 heteroatoms. The van der Waals surface area contributed by atoms with E-state index in [9.17, 15) is 13.9 Å². The van der Waals surface area contributed by atoms with E-state index in [0.717, 1.165) is 17.7 Å². The van der Waals surface area contributed by atoms with E-state index in [1.165, 1.54) is 6.07 Å². The van der Waals surface area contributed by atoms with Crippen LogP contribution in [0.15, 0.2) is 40.9 Å². The van der Waals surface area contributed by atoms with Crippen molar-refractivity contribution in [3.8, 4) is 11.5 Å². The molecule has 0 radical (unpaired) electrons. The lowest BCUT2D eigenvalue weighted by atomic mass is 10.1. The van der Waals surface area contributed by atoms with Crippen LogP contribution in [0.1, 0.15) is 18.6 Å². The van der Waals surface area contributed by atoms with Crippen LogP contribution >= 0.6 is 15.9 Å². The summed E-state index contributed by atoms with van der Waals surface area (Å²) in [6.45, 7) is 1.65. The third-order valence-corrected chi connectivity index (χ3v) is 3.18. The van der Waals surface area contributed by atoms with Gasteiger partial charge in [0.05, 0.1) is 10.6 Å². The van der Waals surface area contributed by atoms with Gasteiger partial charge in [-0.25, -0.2) is 8.78 Å². The molecular weight excluding hydrogens is 318 g/mol. The first-order valence-electron chi connectivity index (χ1n) is 5.58. The van der Waals surface area contributed by atoms with Gasteiger partial charge in [-0.1, -0.05) is 6.07 Å². The van der Waals surface area contributed by atoms with Gasteiger partial charge < -0.3 is 9.84 Å². The summed E-state index contributed by atoms with van der Waals surface area (Å²) in [6, 6.07) is 8.37. The van der Waals surface area contributed by atoms with E-state index in [2.05, 4.69) is 15.9 Å². The fraction of sp³-hybridized carbons (Fsp3) is 0.143. The Hall–Kier alpha value is -1.46. The minimum Gasteiger partial charge on any atom is -0.456 e. The fourth-order valence-electron chi connectivity index (χ4n) is 1.53. The van der Waals surface area contributed by atoms with Gasteiger partial charge in [0.1, 0.15) is 11.5 Å². The molecule has 1 N–H and O–H groups in total. The molecule has 100 valence electrons. The highest BCUT2D eigenvalue weighted by molar-refractivity contribution is 9.10. The first-order chi connectivity index (χ1) is 8.97. The van der Waals surface area contributed by atoms with Crippen LogP contribution in [0.3, 0.4) is 0 Å². The second-order valence-electron chi connectivity index (χ2n) is 4.04. The molecule has 0 spiro atoms. The molecule has 19 heavy (non-hydrogen) atoms. The highest BCUT2D eigenvalue weighted by atomic mass is 79.9. The van der Waals surface area contributed by atoms with Crippen molar-refractivity contribution in [1.82, 2.24) is 0 Å². The zero-order valence-corrected chi connectivity index (χ0v) is 11.6. The molecule has 0 aliphatic heterocycles. The van der Waals surface area contributed by atoms with E-state index in [4.69, 9.17) is 4.74 Å². The van der Waals surface area contributed by atoms with Gasteiger partial charge in [-0.3, -0.25) is 0 Å². The number of rotatable bonds is 3. The van der Waals surface area contributed by atoms with Crippen molar-refractivity contribution < 1.29 is 18.6 Å². The number of aliphatic hydroxyl groups is 1. The summed E-state index contributed by atoms with van der Waals surface area (Å²) < 4.78 is 31.9. The van der Waals surface area contributed by atoms with Crippen molar-refractivity contribution in [3.63, 3.8) is 0 Å². The molecule has 0 bridgehead atoms.